The standard InChI is InChI=1S/C16H18N2OS2/c1-11-10-13-14(21-11)15(19)18(2)16(17-13)20-9-8-12-6-4-3-5-7-12/h3-7,11H,8-10H2,1-2H3. The van der Waals surface area contributed by atoms with E-state index in [9.17, 15) is 4.79 Å². The number of aryl methyl sites for hydroxylation is 1. The van der Waals surface area contributed by atoms with E-state index in [0.717, 1.165) is 34.3 Å². The van der Waals surface area contributed by atoms with E-state index in [-0.39, 0.29) is 5.56 Å². The second-order valence-corrected chi connectivity index (χ2v) is 7.76. The summed E-state index contributed by atoms with van der Waals surface area (Å²) < 4.78 is 1.69. The van der Waals surface area contributed by atoms with E-state index >= 15 is 0 Å². The van der Waals surface area contributed by atoms with Gasteiger partial charge in [-0.15, -0.1) is 11.8 Å². The molecule has 0 fully saturated rings. The van der Waals surface area contributed by atoms with E-state index in [1.807, 2.05) is 13.1 Å². The van der Waals surface area contributed by atoms with Crippen molar-refractivity contribution in [1.29, 1.82) is 0 Å². The first-order valence-electron chi connectivity index (χ1n) is 7.08. The van der Waals surface area contributed by atoms with Crippen molar-refractivity contribution < 1.29 is 0 Å². The van der Waals surface area contributed by atoms with E-state index in [2.05, 4.69) is 31.2 Å². The van der Waals surface area contributed by atoms with Gasteiger partial charge in [0, 0.05) is 24.5 Å². The van der Waals surface area contributed by atoms with E-state index in [4.69, 9.17) is 4.98 Å². The molecule has 0 N–H and O–H groups in total. The highest BCUT2D eigenvalue weighted by Crippen LogP contribution is 2.33. The van der Waals surface area contributed by atoms with E-state index in [1.54, 1.807) is 28.1 Å². The van der Waals surface area contributed by atoms with Crippen molar-refractivity contribution in [2.45, 2.75) is 35.1 Å². The van der Waals surface area contributed by atoms with Crippen LogP contribution >= 0.6 is 23.5 Å². The van der Waals surface area contributed by atoms with Crippen molar-refractivity contribution in [3.05, 3.63) is 51.9 Å². The average Bonchev–Trinajstić information content (AvgIpc) is 2.86. The Bertz CT molecular complexity index is 697. The third-order valence-electron chi connectivity index (χ3n) is 3.54. The maximum absolute atomic E-state index is 12.3. The summed E-state index contributed by atoms with van der Waals surface area (Å²) in [7, 11) is 1.82. The molecule has 2 heterocycles. The van der Waals surface area contributed by atoms with Gasteiger partial charge in [0.2, 0.25) is 0 Å². The molecule has 110 valence electrons. The Morgan fingerprint density at radius 1 is 1.38 bits per heavy atom. The van der Waals surface area contributed by atoms with Crippen molar-refractivity contribution in [1.82, 2.24) is 9.55 Å². The van der Waals surface area contributed by atoms with Gasteiger partial charge in [0.25, 0.3) is 5.56 Å². The normalized spacial score (nSPS) is 17.0. The van der Waals surface area contributed by atoms with Crippen LogP contribution in [0, 0.1) is 0 Å². The fourth-order valence-electron chi connectivity index (χ4n) is 2.41. The van der Waals surface area contributed by atoms with Crippen LogP contribution in [0.1, 0.15) is 18.2 Å². The van der Waals surface area contributed by atoms with Crippen molar-refractivity contribution in [3.63, 3.8) is 0 Å². The number of benzene rings is 1. The molecule has 1 aromatic carbocycles. The van der Waals surface area contributed by atoms with Crippen molar-refractivity contribution in [2.75, 3.05) is 5.75 Å². The number of nitrogens with zero attached hydrogens (tertiary/aromatic N) is 2. The van der Waals surface area contributed by atoms with Crippen LogP contribution in [0.15, 0.2) is 45.2 Å². The van der Waals surface area contributed by atoms with Crippen LogP contribution in [0.3, 0.4) is 0 Å². The molecule has 3 rings (SSSR count). The van der Waals surface area contributed by atoms with E-state index in [1.165, 1.54) is 5.56 Å². The molecule has 2 aromatic rings. The third kappa shape index (κ3) is 3.19. The summed E-state index contributed by atoms with van der Waals surface area (Å²) in [4.78, 5) is 17.9. The van der Waals surface area contributed by atoms with Crippen LogP contribution in [0.25, 0.3) is 0 Å². The molecule has 21 heavy (non-hydrogen) atoms. The van der Waals surface area contributed by atoms with Crippen LogP contribution in [0.5, 0.6) is 0 Å². The van der Waals surface area contributed by atoms with Gasteiger partial charge in [0.15, 0.2) is 5.16 Å². The molecule has 0 radical (unpaired) electrons. The van der Waals surface area contributed by atoms with Gasteiger partial charge < -0.3 is 0 Å². The molecule has 1 unspecified atom stereocenters. The van der Waals surface area contributed by atoms with Crippen LogP contribution in [-0.4, -0.2) is 20.6 Å². The Kier molecular flexibility index (Phi) is 4.40. The average molecular weight is 318 g/mol. The number of fused-ring (bicyclic) bond motifs is 1. The summed E-state index contributed by atoms with van der Waals surface area (Å²) >= 11 is 3.32. The zero-order valence-electron chi connectivity index (χ0n) is 12.2. The summed E-state index contributed by atoms with van der Waals surface area (Å²) in [5.41, 5.74) is 2.41. The molecule has 0 amide bonds. The van der Waals surface area contributed by atoms with Crippen molar-refractivity contribution in [3.8, 4) is 0 Å². The lowest BCUT2D eigenvalue weighted by molar-refractivity contribution is 0.665. The van der Waals surface area contributed by atoms with Gasteiger partial charge in [-0.25, -0.2) is 4.98 Å². The van der Waals surface area contributed by atoms with E-state index in [0.29, 0.717) is 5.25 Å². The second kappa shape index (κ2) is 6.28. The zero-order chi connectivity index (χ0) is 14.8. The lowest BCUT2D eigenvalue weighted by atomic mass is 10.2. The Morgan fingerprint density at radius 3 is 2.90 bits per heavy atom. The smallest absolute Gasteiger partial charge is 0.267 e. The zero-order valence-corrected chi connectivity index (χ0v) is 13.8. The minimum Gasteiger partial charge on any atom is -0.290 e. The predicted octanol–water partition coefficient (Wildman–Crippen LogP) is 3.15. The van der Waals surface area contributed by atoms with Gasteiger partial charge in [-0.2, -0.15) is 0 Å². The molecule has 5 heteroatoms. The molecule has 1 aliphatic rings. The molecule has 1 aliphatic heterocycles. The summed E-state index contributed by atoms with van der Waals surface area (Å²) in [5.74, 6) is 0.936. The van der Waals surface area contributed by atoms with Gasteiger partial charge in [0.05, 0.1) is 10.6 Å². The summed E-state index contributed by atoms with van der Waals surface area (Å²) in [6.45, 7) is 2.15. The van der Waals surface area contributed by atoms with Crippen LogP contribution in [-0.2, 0) is 19.9 Å². The molecular formula is C16H18N2OS2. The van der Waals surface area contributed by atoms with Crippen LogP contribution in [0.4, 0.5) is 0 Å². The maximum atomic E-state index is 12.3. The first-order chi connectivity index (χ1) is 10.1. The van der Waals surface area contributed by atoms with Crippen molar-refractivity contribution in [2.24, 2.45) is 7.05 Å². The molecule has 3 nitrogen and oxygen atoms in total. The van der Waals surface area contributed by atoms with Crippen LogP contribution < -0.4 is 5.56 Å². The van der Waals surface area contributed by atoms with Crippen molar-refractivity contribution >= 4 is 23.5 Å². The molecular weight excluding hydrogens is 300 g/mol. The summed E-state index contributed by atoms with van der Waals surface area (Å²) in [5, 5.41) is 1.30. The SMILES string of the molecule is CC1Cc2nc(SCCc3ccccc3)n(C)c(=O)c2S1. The topological polar surface area (TPSA) is 34.9 Å². The minimum absolute atomic E-state index is 0.108. The first kappa shape index (κ1) is 14.7. The summed E-state index contributed by atoms with van der Waals surface area (Å²) in [6.07, 6.45) is 1.89. The number of hydrogen-bond acceptors (Lipinski definition) is 4. The lowest BCUT2D eigenvalue weighted by Crippen LogP contribution is -2.22. The monoisotopic (exact) mass is 318 g/mol. The maximum Gasteiger partial charge on any atom is 0.267 e. The second-order valence-electron chi connectivity index (χ2n) is 5.25. The highest BCUT2D eigenvalue weighted by atomic mass is 32.2. The van der Waals surface area contributed by atoms with Gasteiger partial charge in [-0.05, 0) is 12.0 Å². The van der Waals surface area contributed by atoms with E-state index < -0.39 is 0 Å². The lowest BCUT2D eigenvalue weighted by Gasteiger charge is -2.09. The Balaban J connectivity index is 1.73. The van der Waals surface area contributed by atoms with Gasteiger partial charge in [-0.1, -0.05) is 49.0 Å². The Hall–Kier alpha value is -1.20. The Morgan fingerprint density at radius 2 is 2.14 bits per heavy atom. The number of rotatable bonds is 4. The number of aromatic nitrogens is 2. The summed E-state index contributed by atoms with van der Waals surface area (Å²) in [6, 6.07) is 10.4. The molecule has 1 atom stereocenters. The predicted molar refractivity (Wildman–Crippen MR) is 89.4 cm³/mol. The minimum atomic E-state index is 0.108. The fraction of sp³-hybridized carbons (Fsp3) is 0.375. The van der Waals surface area contributed by atoms with Gasteiger partial charge in [0.1, 0.15) is 0 Å². The molecule has 0 saturated carbocycles. The van der Waals surface area contributed by atoms with Gasteiger partial charge >= 0.3 is 0 Å². The molecule has 0 aliphatic carbocycles. The third-order valence-corrected chi connectivity index (χ3v) is 5.79. The van der Waals surface area contributed by atoms with Crippen LogP contribution in [0.2, 0.25) is 0 Å². The molecule has 0 spiro atoms. The largest absolute Gasteiger partial charge is 0.290 e. The number of hydrogen-bond donors (Lipinski definition) is 0. The Labute approximate surface area is 133 Å². The quantitative estimate of drug-likeness (QED) is 0.641. The molecule has 0 saturated heterocycles. The number of thioether (sulfide) groups is 2. The highest BCUT2D eigenvalue weighted by molar-refractivity contribution is 8.00. The molecule has 1 aromatic heterocycles. The fourth-order valence-corrected chi connectivity index (χ4v) is 4.53. The highest BCUT2D eigenvalue weighted by Gasteiger charge is 2.25. The first-order valence-corrected chi connectivity index (χ1v) is 8.95. The van der Waals surface area contributed by atoms with Gasteiger partial charge in [-0.3, -0.25) is 9.36 Å². The molecule has 0 bridgehead atoms.